The average Bonchev–Trinajstić information content (AvgIpc) is 2.69. The van der Waals surface area contributed by atoms with Crippen molar-refractivity contribution >= 4 is 15.6 Å². The van der Waals surface area contributed by atoms with Gasteiger partial charge in [0.1, 0.15) is 0 Å². The standard InChI is InChI=1S/C17H20O3S/c1-12-11-16(14-9-5-6-10-15(18)17(12)14)21(19,20)13-7-3-2-4-8-13/h2-4,7-8,14,16H,5-6,9-11H2,1H3/t14-,16+/m0/s1. The minimum absolute atomic E-state index is 0.106. The summed E-state index contributed by atoms with van der Waals surface area (Å²) in [5.41, 5.74) is 1.80. The summed E-state index contributed by atoms with van der Waals surface area (Å²) in [6.45, 7) is 1.92. The average molecular weight is 304 g/mol. The van der Waals surface area contributed by atoms with Gasteiger partial charge in [-0.3, -0.25) is 4.79 Å². The number of carbonyl (C=O) groups is 1. The zero-order chi connectivity index (χ0) is 15.0. The fourth-order valence-electron chi connectivity index (χ4n) is 3.73. The van der Waals surface area contributed by atoms with E-state index in [1.807, 2.05) is 13.0 Å². The number of Topliss-reactive ketones (excluding diaryl/α,β-unsaturated/α-hetero) is 1. The number of rotatable bonds is 2. The lowest BCUT2D eigenvalue weighted by molar-refractivity contribution is -0.115. The topological polar surface area (TPSA) is 51.2 Å². The molecule has 1 aromatic rings. The maximum atomic E-state index is 12.9. The van der Waals surface area contributed by atoms with E-state index in [1.54, 1.807) is 24.3 Å². The Morgan fingerprint density at radius 2 is 1.81 bits per heavy atom. The molecule has 0 heterocycles. The van der Waals surface area contributed by atoms with Crippen molar-refractivity contribution in [3.8, 4) is 0 Å². The van der Waals surface area contributed by atoms with Crippen LogP contribution in [0.5, 0.6) is 0 Å². The molecule has 0 amide bonds. The highest BCUT2D eigenvalue weighted by Crippen LogP contribution is 2.43. The van der Waals surface area contributed by atoms with E-state index < -0.39 is 15.1 Å². The molecule has 21 heavy (non-hydrogen) atoms. The Morgan fingerprint density at radius 3 is 2.52 bits per heavy atom. The van der Waals surface area contributed by atoms with Crippen molar-refractivity contribution in [3.05, 3.63) is 41.5 Å². The van der Waals surface area contributed by atoms with Crippen LogP contribution in [0.4, 0.5) is 0 Å². The first-order valence-corrected chi connectivity index (χ1v) is 9.08. The predicted molar refractivity (Wildman–Crippen MR) is 81.7 cm³/mol. The van der Waals surface area contributed by atoms with Crippen molar-refractivity contribution in [2.75, 3.05) is 0 Å². The summed E-state index contributed by atoms with van der Waals surface area (Å²) in [5, 5.41) is -0.461. The highest BCUT2D eigenvalue weighted by Gasteiger charge is 2.44. The third-order valence-corrected chi connectivity index (χ3v) is 6.95. The zero-order valence-electron chi connectivity index (χ0n) is 12.2. The van der Waals surface area contributed by atoms with Gasteiger partial charge in [-0.05, 0) is 43.9 Å². The van der Waals surface area contributed by atoms with Crippen LogP contribution in [0.2, 0.25) is 0 Å². The minimum atomic E-state index is -3.38. The maximum Gasteiger partial charge on any atom is 0.182 e. The van der Waals surface area contributed by atoms with Crippen LogP contribution in [0.25, 0.3) is 0 Å². The van der Waals surface area contributed by atoms with E-state index in [0.717, 1.165) is 30.4 Å². The molecule has 3 nitrogen and oxygen atoms in total. The SMILES string of the molecule is CC1=C2C(=O)CCCC[C@H]2[C@H](S(=O)(=O)c2ccccc2)C1. The van der Waals surface area contributed by atoms with E-state index in [0.29, 0.717) is 17.7 Å². The molecular formula is C17H20O3S. The van der Waals surface area contributed by atoms with Crippen LogP contribution in [-0.2, 0) is 14.6 Å². The quantitative estimate of drug-likeness (QED) is 0.842. The molecule has 112 valence electrons. The summed E-state index contributed by atoms with van der Waals surface area (Å²) in [4.78, 5) is 12.6. The molecule has 0 N–H and O–H groups in total. The molecule has 2 aliphatic carbocycles. The van der Waals surface area contributed by atoms with Gasteiger partial charge in [0.05, 0.1) is 10.1 Å². The predicted octanol–water partition coefficient (Wildman–Crippen LogP) is 3.31. The normalized spacial score (nSPS) is 26.6. The second kappa shape index (κ2) is 5.41. The molecule has 4 heteroatoms. The zero-order valence-corrected chi connectivity index (χ0v) is 13.0. The molecule has 1 fully saturated rings. The number of hydrogen-bond donors (Lipinski definition) is 0. The third-order valence-electron chi connectivity index (χ3n) is 4.73. The number of sulfone groups is 1. The summed E-state index contributed by atoms with van der Waals surface area (Å²) < 4.78 is 25.8. The molecule has 2 aliphatic rings. The lowest BCUT2D eigenvalue weighted by Crippen LogP contribution is -2.28. The van der Waals surface area contributed by atoms with Crippen LogP contribution < -0.4 is 0 Å². The molecule has 0 aromatic heterocycles. The van der Waals surface area contributed by atoms with Crippen LogP contribution >= 0.6 is 0 Å². The molecule has 0 aliphatic heterocycles. The highest BCUT2D eigenvalue weighted by atomic mass is 32.2. The number of allylic oxidation sites excluding steroid dienone is 2. The van der Waals surface area contributed by atoms with Crippen molar-refractivity contribution < 1.29 is 13.2 Å². The van der Waals surface area contributed by atoms with Crippen molar-refractivity contribution in [2.45, 2.75) is 49.2 Å². The Bertz CT molecular complexity index is 686. The Hall–Kier alpha value is -1.42. The monoisotopic (exact) mass is 304 g/mol. The van der Waals surface area contributed by atoms with Crippen molar-refractivity contribution in [1.82, 2.24) is 0 Å². The number of carbonyl (C=O) groups excluding carboxylic acids is 1. The van der Waals surface area contributed by atoms with Crippen molar-refractivity contribution in [3.63, 3.8) is 0 Å². The molecule has 1 saturated carbocycles. The molecule has 0 spiro atoms. The molecule has 3 rings (SSSR count). The minimum Gasteiger partial charge on any atom is -0.295 e. The van der Waals surface area contributed by atoms with Gasteiger partial charge in [0, 0.05) is 12.3 Å². The van der Waals surface area contributed by atoms with E-state index in [4.69, 9.17) is 0 Å². The van der Waals surface area contributed by atoms with E-state index in [1.165, 1.54) is 0 Å². The van der Waals surface area contributed by atoms with Gasteiger partial charge >= 0.3 is 0 Å². The molecule has 0 unspecified atom stereocenters. The fourth-order valence-corrected chi connectivity index (χ4v) is 5.79. The first-order valence-electron chi connectivity index (χ1n) is 7.53. The molecule has 0 bridgehead atoms. The number of ketones is 1. The van der Waals surface area contributed by atoms with Crippen LogP contribution in [0.15, 0.2) is 46.4 Å². The second-order valence-electron chi connectivity index (χ2n) is 6.07. The van der Waals surface area contributed by atoms with Crippen LogP contribution in [0.1, 0.15) is 39.0 Å². The smallest absolute Gasteiger partial charge is 0.182 e. The van der Waals surface area contributed by atoms with Crippen LogP contribution in [0, 0.1) is 5.92 Å². The molecular weight excluding hydrogens is 284 g/mol. The molecule has 0 radical (unpaired) electrons. The van der Waals surface area contributed by atoms with Crippen LogP contribution in [0.3, 0.4) is 0 Å². The second-order valence-corrected chi connectivity index (χ2v) is 8.24. The Morgan fingerprint density at radius 1 is 1.10 bits per heavy atom. The van der Waals surface area contributed by atoms with Gasteiger partial charge in [0.2, 0.25) is 0 Å². The number of hydrogen-bond acceptors (Lipinski definition) is 3. The summed E-state index contributed by atoms with van der Waals surface area (Å²) in [7, 11) is -3.38. The fraction of sp³-hybridized carbons (Fsp3) is 0.471. The van der Waals surface area contributed by atoms with E-state index in [2.05, 4.69) is 0 Å². The van der Waals surface area contributed by atoms with Gasteiger partial charge in [-0.1, -0.05) is 30.2 Å². The molecule has 0 saturated heterocycles. The summed E-state index contributed by atoms with van der Waals surface area (Å²) in [6.07, 6.45) is 3.71. The summed E-state index contributed by atoms with van der Waals surface area (Å²) in [5.74, 6) is 0.0611. The van der Waals surface area contributed by atoms with Gasteiger partial charge in [-0.15, -0.1) is 0 Å². The first-order chi connectivity index (χ1) is 10.0. The first kappa shape index (κ1) is 14.5. The largest absolute Gasteiger partial charge is 0.295 e. The molecule has 2 atom stereocenters. The van der Waals surface area contributed by atoms with Gasteiger partial charge < -0.3 is 0 Å². The Balaban J connectivity index is 2.00. The maximum absolute atomic E-state index is 12.9. The van der Waals surface area contributed by atoms with Gasteiger partial charge in [-0.25, -0.2) is 8.42 Å². The Kier molecular flexibility index (Phi) is 3.74. The van der Waals surface area contributed by atoms with Crippen molar-refractivity contribution in [1.29, 1.82) is 0 Å². The summed E-state index contributed by atoms with van der Waals surface area (Å²) in [6, 6.07) is 8.63. The van der Waals surface area contributed by atoms with E-state index in [9.17, 15) is 13.2 Å². The van der Waals surface area contributed by atoms with Gasteiger partial charge in [-0.2, -0.15) is 0 Å². The molecule has 1 aromatic carbocycles. The third kappa shape index (κ3) is 2.46. The van der Waals surface area contributed by atoms with E-state index in [-0.39, 0.29) is 11.7 Å². The van der Waals surface area contributed by atoms with Crippen molar-refractivity contribution in [2.24, 2.45) is 5.92 Å². The summed E-state index contributed by atoms with van der Waals surface area (Å²) >= 11 is 0. The van der Waals surface area contributed by atoms with Gasteiger partial charge in [0.15, 0.2) is 15.6 Å². The lowest BCUT2D eigenvalue weighted by atomic mass is 9.95. The lowest BCUT2D eigenvalue weighted by Gasteiger charge is -2.21. The van der Waals surface area contributed by atoms with Gasteiger partial charge in [0.25, 0.3) is 0 Å². The van der Waals surface area contributed by atoms with Crippen LogP contribution in [-0.4, -0.2) is 19.5 Å². The number of benzene rings is 1. The highest BCUT2D eigenvalue weighted by molar-refractivity contribution is 7.92. The number of fused-ring (bicyclic) bond motifs is 1. The Labute approximate surface area is 126 Å². The van der Waals surface area contributed by atoms with E-state index >= 15 is 0 Å².